The lowest BCUT2D eigenvalue weighted by atomic mass is 10.1. The van der Waals surface area contributed by atoms with Crippen molar-refractivity contribution < 1.29 is 0 Å². The maximum Gasteiger partial charge on any atom is 0.187 e. The molecule has 4 rings (SSSR count). The number of hydrogen-bond donors (Lipinski definition) is 2. The zero-order valence-electron chi connectivity index (χ0n) is 17.5. The van der Waals surface area contributed by atoms with E-state index in [1.807, 2.05) is 65.3 Å². The molecular formula is C26H23N5S. The van der Waals surface area contributed by atoms with E-state index < -0.39 is 0 Å². The Bertz CT molecular complexity index is 1210. The summed E-state index contributed by atoms with van der Waals surface area (Å²) in [4.78, 5) is 0. The lowest BCUT2D eigenvalue weighted by Crippen LogP contribution is -2.31. The maximum atomic E-state index is 5.13. The first-order chi connectivity index (χ1) is 15.7. The Hall–Kier alpha value is -4.03. The molecule has 32 heavy (non-hydrogen) atoms. The van der Waals surface area contributed by atoms with Crippen LogP contribution in [-0.4, -0.2) is 27.7 Å². The van der Waals surface area contributed by atoms with Gasteiger partial charge in [0.1, 0.15) is 0 Å². The van der Waals surface area contributed by atoms with Crippen LogP contribution in [0.2, 0.25) is 0 Å². The van der Waals surface area contributed by atoms with Gasteiger partial charge in [-0.2, -0.15) is 10.2 Å². The van der Waals surface area contributed by atoms with E-state index in [4.69, 9.17) is 17.3 Å². The van der Waals surface area contributed by atoms with Gasteiger partial charge in [-0.05, 0) is 36.0 Å². The van der Waals surface area contributed by atoms with E-state index in [0.29, 0.717) is 11.7 Å². The zero-order valence-corrected chi connectivity index (χ0v) is 18.3. The summed E-state index contributed by atoms with van der Waals surface area (Å²) in [5, 5.41) is 12.5. The molecule has 0 saturated heterocycles. The molecule has 0 aliphatic rings. The molecule has 2 N–H and O–H groups in total. The Morgan fingerprint density at radius 3 is 2.25 bits per heavy atom. The van der Waals surface area contributed by atoms with Gasteiger partial charge in [-0.15, -0.1) is 6.58 Å². The quantitative estimate of drug-likeness (QED) is 0.181. The van der Waals surface area contributed by atoms with Crippen molar-refractivity contribution in [2.45, 2.75) is 0 Å². The maximum absolute atomic E-state index is 5.13. The number of hydrogen-bond acceptors (Lipinski definition) is 3. The zero-order chi connectivity index (χ0) is 22.2. The molecule has 6 heteroatoms. The highest BCUT2D eigenvalue weighted by atomic mass is 32.1. The normalized spacial score (nSPS) is 10.8. The van der Waals surface area contributed by atoms with Crippen molar-refractivity contribution in [3.05, 3.63) is 109 Å². The topological polar surface area (TPSA) is 54.2 Å². The Kier molecular flexibility index (Phi) is 6.84. The van der Waals surface area contributed by atoms with Gasteiger partial charge in [-0.3, -0.25) is 5.43 Å². The fourth-order valence-electron chi connectivity index (χ4n) is 3.21. The second-order valence-corrected chi connectivity index (χ2v) is 7.43. The number of nitrogens with zero attached hydrogens (tertiary/aromatic N) is 3. The molecule has 0 bridgehead atoms. The van der Waals surface area contributed by atoms with E-state index in [0.717, 1.165) is 33.8 Å². The molecule has 3 aromatic carbocycles. The fourth-order valence-corrected chi connectivity index (χ4v) is 3.35. The third-order valence-corrected chi connectivity index (χ3v) is 5.01. The van der Waals surface area contributed by atoms with Crippen molar-refractivity contribution in [3.63, 3.8) is 0 Å². The first kappa shape index (κ1) is 21.2. The molecule has 4 aromatic rings. The van der Waals surface area contributed by atoms with Crippen LogP contribution in [0.15, 0.2) is 109 Å². The first-order valence-corrected chi connectivity index (χ1v) is 10.6. The van der Waals surface area contributed by atoms with Crippen LogP contribution >= 0.6 is 12.2 Å². The van der Waals surface area contributed by atoms with Crippen molar-refractivity contribution in [2.75, 3.05) is 6.54 Å². The van der Waals surface area contributed by atoms with E-state index in [1.54, 1.807) is 12.3 Å². The van der Waals surface area contributed by atoms with Crippen LogP contribution in [0.4, 0.5) is 0 Å². The second kappa shape index (κ2) is 10.3. The lowest BCUT2D eigenvalue weighted by Gasteiger charge is -2.08. The molecule has 1 aromatic heterocycles. The summed E-state index contributed by atoms with van der Waals surface area (Å²) in [6.45, 7) is 4.23. The fraction of sp³-hybridized carbons (Fsp3) is 0.0385. The minimum absolute atomic E-state index is 0.454. The summed E-state index contributed by atoms with van der Waals surface area (Å²) in [7, 11) is 0. The Morgan fingerprint density at radius 1 is 0.938 bits per heavy atom. The predicted octanol–water partition coefficient (Wildman–Crippen LogP) is 5.19. The standard InChI is InChI=1S/C26H23N5S/c1-2-17-27-26(32)29-28-19-20-13-15-23(16-14-20)31-25(22-11-7-4-8-12-22)18-24(30-31)21-9-5-3-6-10-21/h2-16,18-19H,1,17H2,(H2,27,29,32)/b28-19+. The van der Waals surface area contributed by atoms with Gasteiger partial charge < -0.3 is 5.32 Å². The van der Waals surface area contributed by atoms with Crippen LogP contribution < -0.4 is 10.7 Å². The van der Waals surface area contributed by atoms with Crippen LogP contribution in [0.3, 0.4) is 0 Å². The van der Waals surface area contributed by atoms with Gasteiger partial charge in [0.15, 0.2) is 5.11 Å². The average Bonchev–Trinajstić information content (AvgIpc) is 3.30. The van der Waals surface area contributed by atoms with Gasteiger partial charge in [0.05, 0.1) is 23.3 Å². The summed E-state index contributed by atoms with van der Waals surface area (Å²) in [6, 6.07) is 30.7. The van der Waals surface area contributed by atoms with Gasteiger partial charge >= 0.3 is 0 Å². The van der Waals surface area contributed by atoms with Crippen LogP contribution in [-0.2, 0) is 0 Å². The van der Waals surface area contributed by atoms with Crippen molar-refractivity contribution >= 4 is 23.5 Å². The van der Waals surface area contributed by atoms with Crippen LogP contribution in [0, 0.1) is 0 Å². The van der Waals surface area contributed by atoms with E-state index >= 15 is 0 Å². The number of benzene rings is 3. The van der Waals surface area contributed by atoms with Crippen molar-refractivity contribution in [2.24, 2.45) is 5.10 Å². The van der Waals surface area contributed by atoms with Crippen molar-refractivity contribution in [1.29, 1.82) is 0 Å². The molecule has 0 aliphatic carbocycles. The number of nitrogens with one attached hydrogen (secondary N) is 2. The minimum Gasteiger partial charge on any atom is -0.358 e. The molecule has 0 unspecified atom stereocenters. The molecule has 0 spiro atoms. The van der Waals surface area contributed by atoms with Crippen LogP contribution in [0.5, 0.6) is 0 Å². The number of thiocarbonyl (C=S) groups is 1. The van der Waals surface area contributed by atoms with Gasteiger partial charge in [0.2, 0.25) is 0 Å². The molecule has 0 aliphatic heterocycles. The monoisotopic (exact) mass is 437 g/mol. The largest absolute Gasteiger partial charge is 0.358 e. The summed E-state index contributed by atoms with van der Waals surface area (Å²) < 4.78 is 1.98. The highest BCUT2D eigenvalue weighted by molar-refractivity contribution is 7.80. The Morgan fingerprint density at radius 2 is 1.59 bits per heavy atom. The first-order valence-electron chi connectivity index (χ1n) is 10.2. The third kappa shape index (κ3) is 5.17. The minimum atomic E-state index is 0.454. The Labute approximate surface area is 193 Å². The average molecular weight is 438 g/mol. The summed E-state index contributed by atoms with van der Waals surface area (Å²) in [6.07, 6.45) is 3.46. The molecule has 1 heterocycles. The van der Waals surface area contributed by atoms with Gasteiger partial charge in [0.25, 0.3) is 0 Å². The summed E-state index contributed by atoms with van der Waals surface area (Å²) in [5.74, 6) is 0. The van der Waals surface area contributed by atoms with E-state index in [9.17, 15) is 0 Å². The SMILES string of the molecule is C=CCNC(=S)N/N=C/c1ccc(-n2nc(-c3ccccc3)cc2-c2ccccc2)cc1. The number of aromatic nitrogens is 2. The molecule has 0 fully saturated rings. The summed E-state index contributed by atoms with van der Waals surface area (Å²) >= 11 is 5.13. The van der Waals surface area contributed by atoms with Crippen molar-refractivity contribution in [3.8, 4) is 28.2 Å². The smallest absolute Gasteiger partial charge is 0.187 e. The van der Waals surface area contributed by atoms with Gasteiger partial charge in [-0.25, -0.2) is 4.68 Å². The van der Waals surface area contributed by atoms with E-state index in [1.165, 1.54) is 0 Å². The predicted molar refractivity (Wildman–Crippen MR) is 136 cm³/mol. The Balaban J connectivity index is 1.60. The molecule has 158 valence electrons. The molecule has 0 amide bonds. The van der Waals surface area contributed by atoms with Gasteiger partial charge in [0, 0.05) is 17.7 Å². The second-order valence-electron chi connectivity index (χ2n) is 7.02. The number of rotatable bonds is 7. The van der Waals surface area contributed by atoms with Crippen LogP contribution in [0.25, 0.3) is 28.2 Å². The van der Waals surface area contributed by atoms with Crippen molar-refractivity contribution in [1.82, 2.24) is 20.5 Å². The molecule has 0 atom stereocenters. The number of hydrazone groups is 1. The van der Waals surface area contributed by atoms with Gasteiger partial charge in [-0.1, -0.05) is 78.9 Å². The third-order valence-electron chi connectivity index (χ3n) is 4.77. The molecule has 0 saturated carbocycles. The highest BCUT2D eigenvalue weighted by Crippen LogP contribution is 2.28. The van der Waals surface area contributed by atoms with Crippen LogP contribution in [0.1, 0.15) is 5.56 Å². The van der Waals surface area contributed by atoms with E-state index in [-0.39, 0.29) is 0 Å². The molecule has 0 radical (unpaired) electrons. The summed E-state index contributed by atoms with van der Waals surface area (Å²) in [5.41, 5.74) is 8.86. The molecular weight excluding hydrogens is 414 g/mol. The van der Waals surface area contributed by atoms with E-state index in [2.05, 4.69) is 52.8 Å². The molecule has 5 nitrogen and oxygen atoms in total. The highest BCUT2D eigenvalue weighted by Gasteiger charge is 2.12. The lowest BCUT2D eigenvalue weighted by molar-refractivity contribution is 0.892.